The smallest absolute Gasteiger partial charge is 0.332 e. The molecule has 2 rings (SSSR count). The monoisotopic (exact) mass is 362 g/mol. The molecule has 0 saturated heterocycles. The molecule has 0 fully saturated rings. The van der Waals surface area contributed by atoms with Crippen molar-refractivity contribution in [3.05, 3.63) is 58.4 Å². The van der Waals surface area contributed by atoms with Gasteiger partial charge < -0.3 is 10.6 Å². The van der Waals surface area contributed by atoms with Gasteiger partial charge in [0.2, 0.25) is 0 Å². The molecule has 2 aromatic rings. The Hall–Kier alpha value is -1.86. The molecule has 0 aliphatic carbocycles. The molecule has 0 spiro atoms. The molecule has 0 saturated carbocycles. The fourth-order valence-corrected chi connectivity index (χ4v) is 2.23. The molecule has 0 aliphatic rings. The van der Waals surface area contributed by atoms with E-state index in [4.69, 9.17) is 23.8 Å². The zero-order valence-electron chi connectivity index (χ0n) is 11.8. The number of thiocarbonyl (C=S) groups is 1. The van der Waals surface area contributed by atoms with Crippen LogP contribution in [0.5, 0.6) is 0 Å². The average Bonchev–Trinajstić information content (AvgIpc) is 2.43. The van der Waals surface area contributed by atoms with Crippen molar-refractivity contribution in [1.29, 1.82) is 0 Å². The number of hydrogen-bond acceptors (Lipinski definition) is 1. The van der Waals surface area contributed by atoms with E-state index in [1.807, 2.05) is 0 Å². The summed E-state index contributed by atoms with van der Waals surface area (Å²) in [5.74, 6) is -0.396. The van der Waals surface area contributed by atoms with E-state index in [-0.39, 0.29) is 15.8 Å². The fraction of sp³-hybridized carbons (Fsp3) is 0.133. The second-order valence-electron chi connectivity index (χ2n) is 4.73. The lowest BCUT2D eigenvalue weighted by atomic mass is 10.2. The minimum Gasteiger partial charge on any atom is -0.332 e. The Balaban J connectivity index is 2.17. The normalized spacial score (nSPS) is 11.2. The van der Waals surface area contributed by atoms with Gasteiger partial charge in [0, 0.05) is 5.69 Å². The molecular formula is C15H11ClF4N2S. The van der Waals surface area contributed by atoms with E-state index >= 15 is 0 Å². The molecule has 8 heteroatoms. The Morgan fingerprint density at radius 3 is 2.30 bits per heavy atom. The summed E-state index contributed by atoms with van der Waals surface area (Å²) in [5, 5.41) is 5.53. The van der Waals surface area contributed by atoms with Crippen LogP contribution in [0.3, 0.4) is 0 Å². The average molecular weight is 363 g/mol. The molecule has 0 bridgehead atoms. The first-order chi connectivity index (χ1) is 10.7. The largest absolute Gasteiger partial charge is 0.416 e. The van der Waals surface area contributed by atoms with Crippen molar-refractivity contribution < 1.29 is 17.6 Å². The third-order valence-corrected chi connectivity index (χ3v) is 3.51. The van der Waals surface area contributed by atoms with E-state index in [9.17, 15) is 17.6 Å². The van der Waals surface area contributed by atoms with Crippen LogP contribution in [0.15, 0.2) is 36.4 Å². The zero-order chi connectivity index (χ0) is 17.2. The van der Waals surface area contributed by atoms with Crippen LogP contribution in [0.25, 0.3) is 0 Å². The summed E-state index contributed by atoms with van der Waals surface area (Å²) < 4.78 is 51.2. The minimum atomic E-state index is -4.48. The Labute approximate surface area is 140 Å². The molecule has 0 aromatic heterocycles. The van der Waals surface area contributed by atoms with Crippen molar-refractivity contribution in [2.45, 2.75) is 13.1 Å². The zero-order valence-corrected chi connectivity index (χ0v) is 13.3. The number of aryl methyl sites for hydroxylation is 1. The van der Waals surface area contributed by atoms with Crippen molar-refractivity contribution in [2.24, 2.45) is 0 Å². The highest BCUT2D eigenvalue weighted by Gasteiger charge is 2.31. The predicted octanol–water partition coefficient (Wildman–Crippen LogP) is 5.62. The molecule has 0 amide bonds. The summed E-state index contributed by atoms with van der Waals surface area (Å²) in [7, 11) is 0. The van der Waals surface area contributed by atoms with E-state index in [0.29, 0.717) is 11.3 Å². The van der Waals surface area contributed by atoms with Gasteiger partial charge in [-0.05, 0) is 61.1 Å². The maximum Gasteiger partial charge on any atom is 0.416 e. The second kappa shape index (κ2) is 6.72. The molecule has 2 N–H and O–H groups in total. The highest BCUT2D eigenvalue weighted by molar-refractivity contribution is 7.80. The van der Waals surface area contributed by atoms with Crippen LogP contribution in [-0.4, -0.2) is 5.11 Å². The third-order valence-electron chi connectivity index (χ3n) is 2.98. The van der Waals surface area contributed by atoms with Gasteiger partial charge in [0.1, 0.15) is 5.82 Å². The molecule has 2 aromatic carbocycles. The number of rotatable bonds is 2. The number of benzene rings is 2. The molecule has 23 heavy (non-hydrogen) atoms. The summed E-state index contributed by atoms with van der Waals surface area (Å²) in [6.07, 6.45) is -4.48. The molecule has 122 valence electrons. The van der Waals surface area contributed by atoms with Gasteiger partial charge in [-0.3, -0.25) is 0 Å². The lowest BCUT2D eigenvalue weighted by Gasteiger charge is -2.15. The van der Waals surface area contributed by atoms with E-state index in [0.717, 1.165) is 18.2 Å². The van der Waals surface area contributed by atoms with Gasteiger partial charge in [-0.2, -0.15) is 13.2 Å². The number of halogens is 5. The van der Waals surface area contributed by atoms with E-state index < -0.39 is 17.6 Å². The van der Waals surface area contributed by atoms with Gasteiger partial charge in [-0.25, -0.2) is 4.39 Å². The first-order valence-corrected chi connectivity index (χ1v) is 7.16. The molecule has 0 atom stereocenters. The first-order valence-electron chi connectivity index (χ1n) is 6.38. The van der Waals surface area contributed by atoms with Crippen LogP contribution in [0.1, 0.15) is 11.1 Å². The Kier molecular flexibility index (Phi) is 5.11. The Morgan fingerprint density at radius 1 is 1.04 bits per heavy atom. The molecule has 2 nitrogen and oxygen atoms in total. The molecule has 0 heterocycles. The van der Waals surface area contributed by atoms with Crippen molar-refractivity contribution in [2.75, 3.05) is 10.6 Å². The van der Waals surface area contributed by atoms with Crippen LogP contribution in [-0.2, 0) is 6.18 Å². The SMILES string of the molecule is Cc1cc(F)ccc1NC(=S)Nc1cc(C(F)(F)F)ccc1Cl. The number of nitrogens with one attached hydrogen (secondary N) is 2. The Morgan fingerprint density at radius 2 is 1.70 bits per heavy atom. The maximum absolute atomic E-state index is 13.0. The first kappa shape index (κ1) is 17.5. The predicted molar refractivity (Wildman–Crippen MR) is 87.4 cm³/mol. The summed E-state index contributed by atoms with van der Waals surface area (Å²) in [6.45, 7) is 1.67. The summed E-state index contributed by atoms with van der Waals surface area (Å²) in [4.78, 5) is 0. The highest BCUT2D eigenvalue weighted by atomic mass is 35.5. The summed E-state index contributed by atoms with van der Waals surface area (Å²) >= 11 is 10.9. The van der Waals surface area contributed by atoms with Crippen molar-refractivity contribution in [3.63, 3.8) is 0 Å². The van der Waals surface area contributed by atoms with E-state index in [2.05, 4.69) is 10.6 Å². The highest BCUT2D eigenvalue weighted by Crippen LogP contribution is 2.33. The van der Waals surface area contributed by atoms with Crippen LogP contribution in [0.2, 0.25) is 5.02 Å². The van der Waals surface area contributed by atoms with Crippen LogP contribution < -0.4 is 10.6 Å². The number of anilines is 2. The van der Waals surface area contributed by atoms with E-state index in [1.165, 1.54) is 18.2 Å². The van der Waals surface area contributed by atoms with Gasteiger partial charge in [0.15, 0.2) is 5.11 Å². The number of alkyl halides is 3. The van der Waals surface area contributed by atoms with Crippen molar-refractivity contribution in [3.8, 4) is 0 Å². The summed E-state index contributed by atoms with van der Waals surface area (Å²) in [5.41, 5.74) is 0.320. The standard InChI is InChI=1S/C15H11ClF4N2S/c1-8-6-10(17)3-5-12(8)21-14(23)22-13-7-9(15(18,19)20)2-4-11(13)16/h2-7H,1H3,(H2,21,22,23). The van der Waals surface area contributed by atoms with Gasteiger partial charge >= 0.3 is 6.18 Å². The molecular weight excluding hydrogens is 352 g/mol. The minimum absolute atomic E-state index is 0.0266. The van der Waals surface area contributed by atoms with E-state index in [1.54, 1.807) is 6.92 Å². The van der Waals surface area contributed by atoms with Gasteiger partial charge in [0.05, 0.1) is 16.3 Å². The Bertz CT molecular complexity index is 747. The molecule has 0 radical (unpaired) electrons. The lowest BCUT2D eigenvalue weighted by molar-refractivity contribution is -0.137. The van der Waals surface area contributed by atoms with Crippen molar-refractivity contribution >= 4 is 40.3 Å². The van der Waals surface area contributed by atoms with Gasteiger partial charge in [-0.15, -0.1) is 0 Å². The quantitative estimate of drug-likeness (QED) is 0.536. The summed E-state index contributed by atoms with van der Waals surface area (Å²) in [6, 6.07) is 6.92. The van der Waals surface area contributed by atoms with Gasteiger partial charge in [-0.1, -0.05) is 11.6 Å². The molecule has 0 unspecified atom stereocenters. The third kappa shape index (κ3) is 4.56. The van der Waals surface area contributed by atoms with Crippen LogP contribution in [0.4, 0.5) is 28.9 Å². The van der Waals surface area contributed by atoms with Crippen molar-refractivity contribution in [1.82, 2.24) is 0 Å². The van der Waals surface area contributed by atoms with Gasteiger partial charge in [0.25, 0.3) is 0 Å². The number of hydrogen-bond donors (Lipinski definition) is 2. The van der Waals surface area contributed by atoms with Crippen LogP contribution in [0, 0.1) is 12.7 Å². The topological polar surface area (TPSA) is 24.1 Å². The second-order valence-corrected chi connectivity index (χ2v) is 5.55. The maximum atomic E-state index is 13.0. The van der Waals surface area contributed by atoms with Crippen LogP contribution >= 0.6 is 23.8 Å². The lowest BCUT2D eigenvalue weighted by Crippen LogP contribution is -2.20. The molecule has 0 aliphatic heterocycles. The fourth-order valence-electron chi connectivity index (χ4n) is 1.84.